The predicted octanol–water partition coefficient (Wildman–Crippen LogP) is 0.673. The fourth-order valence-corrected chi connectivity index (χ4v) is 0.435. The van der Waals surface area contributed by atoms with Crippen molar-refractivity contribution in [1.82, 2.24) is 5.32 Å². The highest BCUT2D eigenvalue weighted by atomic mass is 16.5. The topological polar surface area (TPSA) is 38.3 Å². The van der Waals surface area contributed by atoms with Crippen LogP contribution in [0.15, 0.2) is 12.3 Å². The summed E-state index contributed by atoms with van der Waals surface area (Å²) in [5.41, 5.74) is 0. The van der Waals surface area contributed by atoms with Crippen molar-refractivity contribution in [3.63, 3.8) is 0 Å². The van der Waals surface area contributed by atoms with E-state index in [0.717, 1.165) is 6.54 Å². The van der Waals surface area contributed by atoms with Crippen molar-refractivity contribution < 1.29 is 9.53 Å². The molecule has 0 aromatic carbocycles. The Morgan fingerprint density at radius 2 is 2.30 bits per heavy atom. The molecule has 3 heteroatoms. The molecule has 0 bridgehead atoms. The van der Waals surface area contributed by atoms with Crippen LogP contribution >= 0.6 is 0 Å². The summed E-state index contributed by atoms with van der Waals surface area (Å²) < 4.78 is 4.62. The first-order valence-corrected chi connectivity index (χ1v) is 3.38. The van der Waals surface area contributed by atoms with Crippen LogP contribution in [0.4, 0.5) is 0 Å². The van der Waals surface area contributed by atoms with Crippen molar-refractivity contribution in [3.05, 3.63) is 12.3 Å². The molecule has 0 radical (unpaired) electrons. The first kappa shape index (κ1) is 9.01. The SMILES string of the molecule is CCN/C=C/C(=O)OCC. The molecule has 0 saturated heterocycles. The Hall–Kier alpha value is -0.990. The molecule has 0 atom stereocenters. The molecule has 0 amide bonds. The zero-order valence-corrected chi connectivity index (χ0v) is 6.39. The average Bonchev–Trinajstić information content (AvgIpc) is 1.89. The van der Waals surface area contributed by atoms with Gasteiger partial charge < -0.3 is 10.1 Å². The van der Waals surface area contributed by atoms with E-state index in [1.807, 2.05) is 6.92 Å². The van der Waals surface area contributed by atoms with Gasteiger partial charge in [-0.05, 0) is 13.8 Å². The van der Waals surface area contributed by atoms with E-state index in [0.29, 0.717) is 6.61 Å². The first-order valence-electron chi connectivity index (χ1n) is 3.38. The summed E-state index contributed by atoms with van der Waals surface area (Å²) in [6, 6.07) is 0. The zero-order valence-electron chi connectivity index (χ0n) is 6.39. The number of rotatable bonds is 4. The summed E-state index contributed by atoms with van der Waals surface area (Å²) in [5.74, 6) is -0.302. The fraction of sp³-hybridized carbons (Fsp3) is 0.571. The van der Waals surface area contributed by atoms with E-state index in [4.69, 9.17) is 0 Å². The van der Waals surface area contributed by atoms with Gasteiger partial charge in [-0.1, -0.05) is 0 Å². The van der Waals surface area contributed by atoms with Gasteiger partial charge in [0.05, 0.1) is 6.61 Å². The Labute approximate surface area is 61.1 Å². The smallest absolute Gasteiger partial charge is 0.332 e. The molecule has 10 heavy (non-hydrogen) atoms. The molecule has 0 saturated carbocycles. The third-order valence-electron chi connectivity index (χ3n) is 0.828. The van der Waals surface area contributed by atoms with Crippen LogP contribution in [0, 0.1) is 0 Å². The maximum Gasteiger partial charge on any atom is 0.332 e. The van der Waals surface area contributed by atoms with Gasteiger partial charge in [0.15, 0.2) is 0 Å². The van der Waals surface area contributed by atoms with Crippen LogP contribution in [0.2, 0.25) is 0 Å². The van der Waals surface area contributed by atoms with Gasteiger partial charge in [0, 0.05) is 18.8 Å². The number of carbonyl (C=O) groups excluding carboxylic acids is 1. The Morgan fingerprint density at radius 3 is 2.80 bits per heavy atom. The minimum absolute atomic E-state index is 0.302. The molecule has 3 nitrogen and oxygen atoms in total. The Kier molecular flexibility index (Phi) is 5.53. The second-order valence-electron chi connectivity index (χ2n) is 1.64. The molecule has 0 fully saturated rings. The minimum atomic E-state index is -0.302. The monoisotopic (exact) mass is 143 g/mol. The lowest BCUT2D eigenvalue weighted by Gasteiger charge is -1.94. The standard InChI is InChI=1S/C7H13NO2/c1-3-8-6-5-7(9)10-4-2/h5-6,8H,3-4H2,1-2H3/b6-5+. The van der Waals surface area contributed by atoms with Gasteiger partial charge in [-0.3, -0.25) is 0 Å². The molecule has 0 aromatic heterocycles. The van der Waals surface area contributed by atoms with Gasteiger partial charge in [-0.25, -0.2) is 4.79 Å². The predicted molar refractivity (Wildman–Crippen MR) is 39.4 cm³/mol. The lowest BCUT2D eigenvalue weighted by atomic mass is 10.6. The number of ether oxygens (including phenoxy) is 1. The molecule has 0 aliphatic rings. The molecular weight excluding hydrogens is 130 g/mol. The van der Waals surface area contributed by atoms with Crippen LogP contribution in [0.1, 0.15) is 13.8 Å². The van der Waals surface area contributed by atoms with E-state index in [2.05, 4.69) is 10.1 Å². The molecule has 0 aliphatic carbocycles. The van der Waals surface area contributed by atoms with Crippen LogP contribution in [-0.4, -0.2) is 19.1 Å². The van der Waals surface area contributed by atoms with E-state index in [1.54, 1.807) is 13.1 Å². The fourth-order valence-electron chi connectivity index (χ4n) is 0.435. The quantitative estimate of drug-likeness (QED) is 0.464. The van der Waals surface area contributed by atoms with Gasteiger partial charge in [-0.2, -0.15) is 0 Å². The summed E-state index contributed by atoms with van der Waals surface area (Å²) in [6.07, 6.45) is 2.95. The lowest BCUT2D eigenvalue weighted by molar-refractivity contribution is -0.137. The number of hydrogen-bond acceptors (Lipinski definition) is 3. The molecule has 0 spiro atoms. The molecule has 1 N–H and O–H groups in total. The third kappa shape index (κ3) is 5.15. The number of esters is 1. The van der Waals surface area contributed by atoms with Crippen molar-refractivity contribution >= 4 is 5.97 Å². The normalized spacial score (nSPS) is 9.80. The summed E-state index contributed by atoms with van der Waals surface area (Å²) in [5, 5.41) is 2.86. The van der Waals surface area contributed by atoms with Crippen LogP contribution in [0.5, 0.6) is 0 Å². The van der Waals surface area contributed by atoms with Gasteiger partial charge >= 0.3 is 5.97 Å². The highest BCUT2D eigenvalue weighted by molar-refractivity contribution is 5.81. The van der Waals surface area contributed by atoms with E-state index in [9.17, 15) is 4.79 Å². The highest BCUT2D eigenvalue weighted by Crippen LogP contribution is 1.78. The maximum absolute atomic E-state index is 10.6. The Morgan fingerprint density at radius 1 is 1.60 bits per heavy atom. The highest BCUT2D eigenvalue weighted by Gasteiger charge is 1.90. The molecule has 0 aromatic rings. The summed E-state index contributed by atoms with van der Waals surface area (Å²) in [7, 11) is 0. The molecular formula is C7H13NO2. The second kappa shape index (κ2) is 6.13. The summed E-state index contributed by atoms with van der Waals surface area (Å²) in [4.78, 5) is 10.6. The van der Waals surface area contributed by atoms with Crippen LogP contribution < -0.4 is 5.32 Å². The van der Waals surface area contributed by atoms with E-state index in [1.165, 1.54) is 6.08 Å². The second-order valence-corrected chi connectivity index (χ2v) is 1.64. The zero-order chi connectivity index (χ0) is 7.82. The van der Waals surface area contributed by atoms with E-state index < -0.39 is 0 Å². The molecule has 0 heterocycles. The van der Waals surface area contributed by atoms with Crippen molar-refractivity contribution in [1.29, 1.82) is 0 Å². The number of hydrogen-bond donors (Lipinski definition) is 1. The van der Waals surface area contributed by atoms with Gasteiger partial charge in [0.25, 0.3) is 0 Å². The molecule has 0 aliphatic heterocycles. The van der Waals surface area contributed by atoms with Gasteiger partial charge in [0.2, 0.25) is 0 Å². The van der Waals surface area contributed by atoms with Crippen LogP contribution in [-0.2, 0) is 9.53 Å². The Balaban J connectivity index is 3.36. The first-order chi connectivity index (χ1) is 4.81. The molecule has 0 unspecified atom stereocenters. The average molecular weight is 143 g/mol. The third-order valence-corrected chi connectivity index (χ3v) is 0.828. The minimum Gasteiger partial charge on any atom is -0.463 e. The number of carbonyl (C=O) groups is 1. The lowest BCUT2D eigenvalue weighted by Crippen LogP contribution is -2.05. The molecule has 58 valence electrons. The van der Waals surface area contributed by atoms with Crippen molar-refractivity contribution in [2.24, 2.45) is 0 Å². The largest absolute Gasteiger partial charge is 0.463 e. The van der Waals surface area contributed by atoms with E-state index in [-0.39, 0.29) is 5.97 Å². The van der Waals surface area contributed by atoms with Crippen LogP contribution in [0.3, 0.4) is 0 Å². The maximum atomic E-state index is 10.6. The van der Waals surface area contributed by atoms with Crippen molar-refractivity contribution in [2.75, 3.05) is 13.2 Å². The van der Waals surface area contributed by atoms with Crippen LogP contribution in [0.25, 0.3) is 0 Å². The van der Waals surface area contributed by atoms with Gasteiger partial charge in [0.1, 0.15) is 0 Å². The van der Waals surface area contributed by atoms with Crippen molar-refractivity contribution in [2.45, 2.75) is 13.8 Å². The Bertz CT molecular complexity index is 121. The van der Waals surface area contributed by atoms with Crippen molar-refractivity contribution in [3.8, 4) is 0 Å². The summed E-state index contributed by atoms with van der Waals surface area (Å²) in [6.45, 7) is 4.97. The molecule has 0 rings (SSSR count). The number of nitrogens with one attached hydrogen (secondary N) is 1. The summed E-state index contributed by atoms with van der Waals surface area (Å²) >= 11 is 0. The van der Waals surface area contributed by atoms with E-state index >= 15 is 0 Å². The van der Waals surface area contributed by atoms with Gasteiger partial charge in [-0.15, -0.1) is 0 Å².